The summed E-state index contributed by atoms with van der Waals surface area (Å²) < 4.78 is 8.07. The third kappa shape index (κ3) is 4.87. The van der Waals surface area contributed by atoms with Crippen LogP contribution < -0.4 is 5.32 Å². The SMILES string of the molecule is CCOC(=O)C1=C(Cn2c(Br)nc(-c3ccccc3)c2-c2ccccc2)N(C)C(=O)NC1c1ccccc1. The van der Waals surface area contributed by atoms with E-state index in [0.29, 0.717) is 16.0 Å². The number of nitrogens with one attached hydrogen (secondary N) is 1. The van der Waals surface area contributed by atoms with Gasteiger partial charge in [0, 0.05) is 18.2 Å². The Labute approximate surface area is 229 Å². The van der Waals surface area contributed by atoms with Gasteiger partial charge < -0.3 is 14.6 Å². The highest BCUT2D eigenvalue weighted by atomic mass is 79.9. The molecule has 1 N–H and O–H groups in total. The van der Waals surface area contributed by atoms with Gasteiger partial charge in [-0.2, -0.15) is 0 Å². The number of halogens is 1. The highest BCUT2D eigenvalue weighted by Crippen LogP contribution is 2.37. The molecule has 0 bridgehead atoms. The topological polar surface area (TPSA) is 76.5 Å². The minimum Gasteiger partial charge on any atom is -0.463 e. The first kappa shape index (κ1) is 25.5. The van der Waals surface area contributed by atoms with Crippen molar-refractivity contribution in [3.8, 4) is 22.5 Å². The third-order valence-electron chi connectivity index (χ3n) is 6.53. The van der Waals surface area contributed by atoms with Crippen molar-refractivity contribution in [2.45, 2.75) is 19.5 Å². The molecule has 2 amide bonds. The number of likely N-dealkylation sites (N-methyl/N-ethyl adjacent to an activating group) is 1. The lowest BCUT2D eigenvalue weighted by molar-refractivity contribution is -0.139. The fourth-order valence-electron chi connectivity index (χ4n) is 4.70. The van der Waals surface area contributed by atoms with Crippen molar-refractivity contribution in [1.29, 1.82) is 0 Å². The van der Waals surface area contributed by atoms with Crippen molar-refractivity contribution in [3.05, 3.63) is 113 Å². The molecule has 0 spiro atoms. The minimum absolute atomic E-state index is 0.214. The van der Waals surface area contributed by atoms with Crippen LogP contribution in [0.5, 0.6) is 0 Å². The second kappa shape index (κ2) is 11.1. The van der Waals surface area contributed by atoms with Crippen LogP contribution in [0.2, 0.25) is 0 Å². The third-order valence-corrected chi connectivity index (χ3v) is 7.13. The molecule has 1 atom stereocenters. The van der Waals surface area contributed by atoms with Gasteiger partial charge in [-0.3, -0.25) is 4.90 Å². The number of nitrogens with zero attached hydrogens (tertiary/aromatic N) is 3. The summed E-state index contributed by atoms with van der Waals surface area (Å²) in [6.07, 6.45) is 0. The van der Waals surface area contributed by atoms with E-state index < -0.39 is 12.0 Å². The number of urea groups is 1. The summed E-state index contributed by atoms with van der Waals surface area (Å²) in [5.74, 6) is -0.469. The number of carbonyl (C=O) groups excluding carboxylic acids is 2. The van der Waals surface area contributed by atoms with Gasteiger partial charge in [-0.05, 0) is 28.4 Å². The van der Waals surface area contributed by atoms with Crippen molar-refractivity contribution >= 4 is 27.9 Å². The van der Waals surface area contributed by atoms with Crippen molar-refractivity contribution in [2.24, 2.45) is 0 Å². The lowest BCUT2D eigenvalue weighted by atomic mass is 9.94. The number of esters is 1. The van der Waals surface area contributed by atoms with E-state index in [1.807, 2.05) is 95.6 Å². The van der Waals surface area contributed by atoms with E-state index in [1.165, 1.54) is 4.90 Å². The maximum absolute atomic E-state index is 13.4. The lowest BCUT2D eigenvalue weighted by Crippen LogP contribution is -2.47. The van der Waals surface area contributed by atoms with E-state index in [2.05, 4.69) is 21.2 Å². The van der Waals surface area contributed by atoms with Crippen LogP contribution in [0.25, 0.3) is 22.5 Å². The van der Waals surface area contributed by atoms with Crippen LogP contribution in [0.15, 0.2) is 107 Å². The second-order valence-electron chi connectivity index (χ2n) is 8.83. The van der Waals surface area contributed by atoms with Gasteiger partial charge in [-0.1, -0.05) is 91.0 Å². The summed E-state index contributed by atoms with van der Waals surface area (Å²) in [4.78, 5) is 32.9. The number of carbonyl (C=O) groups is 2. The molecule has 0 saturated heterocycles. The number of hydrogen-bond acceptors (Lipinski definition) is 4. The molecule has 4 aromatic rings. The monoisotopic (exact) mass is 570 g/mol. The zero-order chi connectivity index (χ0) is 26.6. The lowest BCUT2D eigenvalue weighted by Gasteiger charge is -2.35. The Bertz CT molecular complexity index is 1480. The first-order chi connectivity index (χ1) is 18.5. The predicted octanol–water partition coefficient (Wildman–Crippen LogP) is 6.19. The highest BCUT2D eigenvalue weighted by molar-refractivity contribution is 9.10. The summed E-state index contributed by atoms with van der Waals surface area (Å²) in [6, 6.07) is 28.4. The molecule has 8 heteroatoms. The largest absolute Gasteiger partial charge is 0.463 e. The fourth-order valence-corrected chi connectivity index (χ4v) is 5.18. The Hall–Kier alpha value is -4.17. The first-order valence-electron chi connectivity index (χ1n) is 12.4. The fraction of sp³-hybridized carbons (Fsp3) is 0.167. The van der Waals surface area contributed by atoms with E-state index in [9.17, 15) is 9.59 Å². The van der Waals surface area contributed by atoms with Crippen LogP contribution >= 0.6 is 15.9 Å². The van der Waals surface area contributed by atoms with Gasteiger partial charge >= 0.3 is 12.0 Å². The zero-order valence-electron chi connectivity index (χ0n) is 21.1. The van der Waals surface area contributed by atoms with Crippen molar-refractivity contribution in [3.63, 3.8) is 0 Å². The van der Waals surface area contributed by atoms with Crippen LogP contribution in [-0.2, 0) is 16.1 Å². The van der Waals surface area contributed by atoms with Gasteiger partial charge in [-0.25, -0.2) is 14.6 Å². The van der Waals surface area contributed by atoms with E-state index in [1.54, 1.807) is 14.0 Å². The highest BCUT2D eigenvalue weighted by Gasteiger charge is 2.37. The summed E-state index contributed by atoms with van der Waals surface area (Å²) in [5.41, 5.74) is 5.32. The van der Waals surface area contributed by atoms with Gasteiger partial charge in [0.1, 0.15) is 0 Å². The molecular formula is C30H27BrN4O3. The standard InChI is InChI=1S/C30H27BrN4O3/c1-3-38-28(36)24-23(34(2)30(37)33-25(24)20-13-7-4-8-14-20)19-35-27(22-17-11-6-12-18-22)26(32-29(35)31)21-15-9-5-10-16-21/h4-18,25H,3,19H2,1-2H3,(H,33,37). The number of allylic oxidation sites excluding steroid dienone is 1. The molecule has 2 heterocycles. The van der Waals surface area contributed by atoms with E-state index in [-0.39, 0.29) is 19.2 Å². The smallest absolute Gasteiger partial charge is 0.338 e. The quantitative estimate of drug-likeness (QED) is 0.269. The normalized spacial score (nSPS) is 15.4. The molecule has 1 aromatic heterocycles. The van der Waals surface area contributed by atoms with Gasteiger partial charge in [0.25, 0.3) is 0 Å². The Morgan fingerprint density at radius 3 is 2.13 bits per heavy atom. The van der Waals surface area contributed by atoms with Crippen molar-refractivity contribution < 1.29 is 14.3 Å². The number of aromatic nitrogens is 2. The van der Waals surface area contributed by atoms with E-state index in [4.69, 9.17) is 9.72 Å². The average molecular weight is 571 g/mol. The molecule has 0 saturated carbocycles. The van der Waals surface area contributed by atoms with Crippen molar-refractivity contribution in [1.82, 2.24) is 19.8 Å². The van der Waals surface area contributed by atoms with Gasteiger partial charge in [0.15, 0.2) is 4.73 Å². The molecule has 1 aliphatic rings. The number of benzene rings is 3. The van der Waals surface area contributed by atoms with Crippen LogP contribution in [-0.4, -0.2) is 40.1 Å². The zero-order valence-corrected chi connectivity index (χ0v) is 22.7. The van der Waals surface area contributed by atoms with Crippen LogP contribution in [0.4, 0.5) is 4.79 Å². The molecule has 0 fully saturated rings. The van der Waals surface area contributed by atoms with E-state index in [0.717, 1.165) is 28.1 Å². The molecule has 5 rings (SSSR count). The Kier molecular flexibility index (Phi) is 7.42. The number of rotatable bonds is 7. The number of hydrogen-bond donors (Lipinski definition) is 1. The minimum atomic E-state index is -0.648. The maximum Gasteiger partial charge on any atom is 0.338 e. The number of amides is 2. The van der Waals surface area contributed by atoms with Crippen LogP contribution in [0, 0.1) is 0 Å². The molecule has 0 aliphatic carbocycles. The summed E-state index contributed by atoms with van der Waals surface area (Å²) in [7, 11) is 1.66. The summed E-state index contributed by atoms with van der Waals surface area (Å²) >= 11 is 3.67. The Morgan fingerprint density at radius 2 is 1.53 bits per heavy atom. The Morgan fingerprint density at radius 1 is 0.947 bits per heavy atom. The molecule has 0 radical (unpaired) electrons. The average Bonchev–Trinajstić information content (AvgIpc) is 3.28. The van der Waals surface area contributed by atoms with Crippen molar-refractivity contribution in [2.75, 3.05) is 13.7 Å². The molecular weight excluding hydrogens is 544 g/mol. The molecule has 1 unspecified atom stereocenters. The van der Waals surface area contributed by atoms with Gasteiger partial charge in [0.05, 0.1) is 41.9 Å². The molecule has 7 nitrogen and oxygen atoms in total. The predicted molar refractivity (Wildman–Crippen MR) is 150 cm³/mol. The molecule has 38 heavy (non-hydrogen) atoms. The first-order valence-corrected chi connectivity index (χ1v) is 13.1. The van der Waals surface area contributed by atoms with E-state index >= 15 is 0 Å². The second-order valence-corrected chi connectivity index (χ2v) is 9.54. The maximum atomic E-state index is 13.4. The number of imidazole rings is 1. The Balaban J connectivity index is 1.72. The van der Waals surface area contributed by atoms with Gasteiger partial charge in [0.2, 0.25) is 0 Å². The van der Waals surface area contributed by atoms with Crippen LogP contribution in [0.1, 0.15) is 18.5 Å². The molecule has 192 valence electrons. The number of ether oxygens (including phenoxy) is 1. The van der Waals surface area contributed by atoms with Gasteiger partial charge in [-0.15, -0.1) is 0 Å². The molecule has 3 aromatic carbocycles. The molecule has 1 aliphatic heterocycles. The summed E-state index contributed by atoms with van der Waals surface area (Å²) in [6.45, 7) is 2.20. The summed E-state index contributed by atoms with van der Waals surface area (Å²) in [5, 5.41) is 2.97. The van der Waals surface area contributed by atoms with Crippen LogP contribution in [0.3, 0.4) is 0 Å².